The molecule has 0 unspecified atom stereocenters. The van der Waals surface area contributed by atoms with Gasteiger partial charge in [-0.25, -0.2) is 9.37 Å². The first-order valence-electron chi connectivity index (χ1n) is 7.35. The summed E-state index contributed by atoms with van der Waals surface area (Å²) in [7, 11) is 0. The Kier molecular flexibility index (Phi) is 4.93. The Morgan fingerprint density at radius 3 is 2.85 bits per heavy atom. The number of aromatic nitrogens is 1. The summed E-state index contributed by atoms with van der Waals surface area (Å²) >= 11 is 0. The van der Waals surface area contributed by atoms with E-state index in [0.29, 0.717) is 19.0 Å². The number of anilines is 1. The molecule has 1 heterocycles. The Morgan fingerprint density at radius 2 is 2.25 bits per heavy atom. The lowest BCUT2D eigenvalue weighted by Crippen LogP contribution is -2.33. The molecule has 0 aliphatic heterocycles. The highest BCUT2D eigenvalue weighted by Crippen LogP contribution is 2.30. The Hall–Kier alpha value is -1.65. The van der Waals surface area contributed by atoms with Crippen molar-refractivity contribution in [3.63, 3.8) is 0 Å². The van der Waals surface area contributed by atoms with Crippen LogP contribution in [0.2, 0.25) is 0 Å². The molecule has 0 aromatic carbocycles. The van der Waals surface area contributed by atoms with E-state index in [1.165, 1.54) is 25.1 Å². The number of hydrogen-bond acceptors (Lipinski definition) is 3. The van der Waals surface area contributed by atoms with Crippen molar-refractivity contribution in [2.24, 2.45) is 5.92 Å². The number of carbonyl (C=O) groups is 1. The van der Waals surface area contributed by atoms with Gasteiger partial charge in [-0.05, 0) is 38.2 Å². The molecule has 1 aliphatic carbocycles. The number of pyridine rings is 1. The van der Waals surface area contributed by atoms with Crippen molar-refractivity contribution in [1.82, 2.24) is 9.88 Å². The molecule has 20 heavy (non-hydrogen) atoms. The molecule has 1 amide bonds. The van der Waals surface area contributed by atoms with Crippen LogP contribution in [-0.2, 0) is 0 Å². The van der Waals surface area contributed by atoms with Crippen LogP contribution >= 0.6 is 0 Å². The molecular weight excluding hydrogens is 257 g/mol. The van der Waals surface area contributed by atoms with E-state index in [0.717, 1.165) is 13.0 Å². The van der Waals surface area contributed by atoms with Crippen molar-refractivity contribution in [3.05, 3.63) is 23.6 Å². The smallest absolute Gasteiger partial charge is 0.257 e. The molecule has 1 aromatic heterocycles. The van der Waals surface area contributed by atoms with Crippen molar-refractivity contribution in [2.45, 2.75) is 33.1 Å². The van der Waals surface area contributed by atoms with E-state index < -0.39 is 5.82 Å². The second-order valence-electron chi connectivity index (χ2n) is 5.24. The number of nitrogens with zero attached hydrogens (tertiary/aromatic N) is 2. The first-order chi connectivity index (χ1) is 9.67. The van der Waals surface area contributed by atoms with Crippen LogP contribution < -0.4 is 5.32 Å². The summed E-state index contributed by atoms with van der Waals surface area (Å²) in [6, 6.07) is 1.46. The normalized spacial score (nSPS) is 14.2. The van der Waals surface area contributed by atoms with Gasteiger partial charge in [-0.15, -0.1) is 0 Å². The van der Waals surface area contributed by atoms with Crippen LogP contribution in [0.5, 0.6) is 0 Å². The zero-order valence-electron chi connectivity index (χ0n) is 12.2. The molecule has 1 aliphatic rings. The Bertz CT molecular complexity index is 474. The van der Waals surface area contributed by atoms with E-state index in [2.05, 4.69) is 10.3 Å². The van der Waals surface area contributed by atoms with Crippen LogP contribution in [0.1, 0.15) is 43.5 Å². The SMILES string of the molecule is CCCNc1nccc(C(=O)N(CC)CC2CC2)c1F. The second-order valence-corrected chi connectivity index (χ2v) is 5.24. The average Bonchev–Trinajstić information content (AvgIpc) is 3.27. The van der Waals surface area contributed by atoms with Gasteiger partial charge in [0, 0.05) is 25.8 Å². The minimum atomic E-state index is -0.541. The number of halogens is 1. The lowest BCUT2D eigenvalue weighted by Gasteiger charge is -2.21. The standard InChI is InChI=1S/C15H22FN3O/c1-3-8-17-14-13(16)12(7-9-18-14)15(20)19(4-2)10-11-5-6-11/h7,9,11H,3-6,8,10H2,1-2H3,(H,17,18). The van der Waals surface area contributed by atoms with Gasteiger partial charge in [0.1, 0.15) is 0 Å². The van der Waals surface area contributed by atoms with E-state index in [4.69, 9.17) is 0 Å². The van der Waals surface area contributed by atoms with Crippen LogP contribution in [0.15, 0.2) is 12.3 Å². The van der Waals surface area contributed by atoms with Crippen LogP contribution in [0.4, 0.5) is 10.2 Å². The Balaban J connectivity index is 2.15. The van der Waals surface area contributed by atoms with E-state index >= 15 is 0 Å². The Labute approximate surface area is 119 Å². The molecule has 0 atom stereocenters. The fourth-order valence-corrected chi connectivity index (χ4v) is 2.11. The van der Waals surface area contributed by atoms with Gasteiger partial charge in [-0.1, -0.05) is 6.92 Å². The summed E-state index contributed by atoms with van der Waals surface area (Å²) in [5.74, 6) is -0.0132. The lowest BCUT2D eigenvalue weighted by molar-refractivity contribution is 0.0752. The van der Waals surface area contributed by atoms with Crippen molar-refractivity contribution < 1.29 is 9.18 Å². The molecule has 1 fully saturated rings. The van der Waals surface area contributed by atoms with Gasteiger partial charge >= 0.3 is 0 Å². The first-order valence-corrected chi connectivity index (χ1v) is 7.35. The van der Waals surface area contributed by atoms with Crippen molar-refractivity contribution in [1.29, 1.82) is 0 Å². The minimum Gasteiger partial charge on any atom is -0.368 e. The number of amides is 1. The van der Waals surface area contributed by atoms with Gasteiger partial charge in [0.05, 0.1) is 5.56 Å². The molecule has 0 radical (unpaired) electrons. The van der Waals surface area contributed by atoms with E-state index in [-0.39, 0.29) is 17.3 Å². The number of hydrogen-bond donors (Lipinski definition) is 1. The fraction of sp³-hybridized carbons (Fsp3) is 0.600. The van der Waals surface area contributed by atoms with Crippen molar-refractivity contribution in [2.75, 3.05) is 25.0 Å². The summed E-state index contributed by atoms with van der Waals surface area (Å²) in [5.41, 5.74) is 0.112. The van der Waals surface area contributed by atoms with Crippen LogP contribution in [0, 0.1) is 11.7 Å². The molecule has 110 valence electrons. The monoisotopic (exact) mass is 279 g/mol. The van der Waals surface area contributed by atoms with Gasteiger partial charge in [-0.3, -0.25) is 4.79 Å². The predicted octanol–water partition coefficient (Wildman–Crippen LogP) is 2.91. The van der Waals surface area contributed by atoms with Gasteiger partial charge in [-0.2, -0.15) is 0 Å². The third-order valence-electron chi connectivity index (χ3n) is 3.51. The van der Waals surface area contributed by atoms with Crippen molar-refractivity contribution in [3.8, 4) is 0 Å². The lowest BCUT2D eigenvalue weighted by atomic mass is 10.2. The average molecular weight is 279 g/mol. The zero-order chi connectivity index (χ0) is 14.5. The van der Waals surface area contributed by atoms with Gasteiger partial charge in [0.25, 0.3) is 5.91 Å². The number of rotatable bonds is 7. The number of carbonyl (C=O) groups excluding carboxylic acids is 1. The predicted molar refractivity (Wildman–Crippen MR) is 77.3 cm³/mol. The summed E-state index contributed by atoms with van der Waals surface area (Å²) in [6.45, 7) is 5.90. The quantitative estimate of drug-likeness (QED) is 0.834. The summed E-state index contributed by atoms with van der Waals surface area (Å²) in [4.78, 5) is 18.1. The van der Waals surface area contributed by atoms with Crippen LogP contribution in [0.3, 0.4) is 0 Å². The topological polar surface area (TPSA) is 45.2 Å². The van der Waals surface area contributed by atoms with Crippen molar-refractivity contribution >= 4 is 11.7 Å². The molecule has 0 bridgehead atoms. The molecule has 2 rings (SSSR count). The molecule has 1 saturated carbocycles. The second kappa shape index (κ2) is 6.68. The minimum absolute atomic E-state index is 0.112. The summed E-state index contributed by atoms with van der Waals surface area (Å²) < 4.78 is 14.3. The maximum absolute atomic E-state index is 14.3. The third kappa shape index (κ3) is 3.46. The molecule has 1 N–H and O–H groups in total. The molecule has 4 nitrogen and oxygen atoms in total. The zero-order valence-corrected chi connectivity index (χ0v) is 12.2. The molecular formula is C15H22FN3O. The maximum Gasteiger partial charge on any atom is 0.257 e. The first kappa shape index (κ1) is 14.8. The van der Waals surface area contributed by atoms with Crippen LogP contribution in [0.25, 0.3) is 0 Å². The maximum atomic E-state index is 14.3. The molecule has 0 saturated heterocycles. The van der Waals surface area contributed by atoms with E-state index in [1.807, 2.05) is 13.8 Å². The highest BCUT2D eigenvalue weighted by atomic mass is 19.1. The number of nitrogens with one attached hydrogen (secondary N) is 1. The molecule has 0 spiro atoms. The van der Waals surface area contributed by atoms with E-state index in [9.17, 15) is 9.18 Å². The summed E-state index contributed by atoms with van der Waals surface area (Å²) in [6.07, 6.45) is 4.71. The van der Waals surface area contributed by atoms with Crippen LogP contribution in [-0.4, -0.2) is 35.4 Å². The van der Waals surface area contributed by atoms with E-state index in [1.54, 1.807) is 4.90 Å². The largest absolute Gasteiger partial charge is 0.368 e. The highest BCUT2D eigenvalue weighted by molar-refractivity contribution is 5.95. The summed E-state index contributed by atoms with van der Waals surface area (Å²) in [5, 5.41) is 2.91. The van der Waals surface area contributed by atoms with Gasteiger partial charge < -0.3 is 10.2 Å². The Morgan fingerprint density at radius 1 is 1.50 bits per heavy atom. The fourth-order valence-electron chi connectivity index (χ4n) is 2.11. The molecule has 5 heteroatoms. The highest BCUT2D eigenvalue weighted by Gasteiger charge is 2.28. The third-order valence-corrected chi connectivity index (χ3v) is 3.51. The van der Waals surface area contributed by atoms with Gasteiger partial charge in [0.2, 0.25) is 0 Å². The molecule has 1 aromatic rings. The van der Waals surface area contributed by atoms with Gasteiger partial charge in [0.15, 0.2) is 11.6 Å².